The molecule has 0 amide bonds. The van der Waals surface area contributed by atoms with Gasteiger partial charge in [-0.1, -0.05) is 24.3 Å². The van der Waals surface area contributed by atoms with Crippen molar-refractivity contribution in [2.45, 2.75) is 6.92 Å². The summed E-state index contributed by atoms with van der Waals surface area (Å²) in [4.78, 5) is 10.9. The van der Waals surface area contributed by atoms with Crippen molar-refractivity contribution in [3.8, 4) is 11.5 Å². The van der Waals surface area contributed by atoms with Crippen molar-refractivity contribution in [2.24, 2.45) is 0 Å². The van der Waals surface area contributed by atoms with Gasteiger partial charge in [0.1, 0.15) is 11.5 Å². The molecule has 2 aromatic carbocycles. The average Bonchev–Trinajstić information content (AvgIpc) is 2.42. The number of hydrogen-bond acceptors (Lipinski definition) is 3. The standard InChI is InChI=1S/C15H14O4/c1-11-7-8-12(15(16)17)9-14(11)19-10-18-13-5-3-2-4-6-13/h2-9H,10H2,1H3,(H,16,17). The molecule has 0 aromatic heterocycles. The number of aryl methyl sites for hydroxylation is 1. The van der Waals surface area contributed by atoms with Gasteiger partial charge in [-0.2, -0.15) is 0 Å². The number of carboxylic acids is 1. The van der Waals surface area contributed by atoms with Crippen molar-refractivity contribution in [3.63, 3.8) is 0 Å². The van der Waals surface area contributed by atoms with Crippen LogP contribution in [-0.2, 0) is 0 Å². The fourth-order valence-corrected chi connectivity index (χ4v) is 1.57. The van der Waals surface area contributed by atoms with E-state index in [9.17, 15) is 4.79 Å². The molecule has 98 valence electrons. The summed E-state index contributed by atoms with van der Waals surface area (Å²) in [5.41, 5.74) is 1.06. The van der Waals surface area contributed by atoms with Gasteiger partial charge in [-0.25, -0.2) is 4.79 Å². The fraction of sp³-hybridized carbons (Fsp3) is 0.133. The molecule has 19 heavy (non-hydrogen) atoms. The van der Waals surface area contributed by atoms with Crippen LogP contribution < -0.4 is 9.47 Å². The first-order chi connectivity index (χ1) is 9.16. The molecule has 4 nitrogen and oxygen atoms in total. The van der Waals surface area contributed by atoms with Crippen LogP contribution in [0.1, 0.15) is 15.9 Å². The molecule has 0 radical (unpaired) electrons. The van der Waals surface area contributed by atoms with E-state index in [0.717, 1.165) is 5.56 Å². The predicted octanol–water partition coefficient (Wildman–Crippen LogP) is 3.11. The first-order valence-corrected chi connectivity index (χ1v) is 5.81. The Morgan fingerprint density at radius 3 is 2.53 bits per heavy atom. The third kappa shape index (κ3) is 3.48. The van der Waals surface area contributed by atoms with Gasteiger partial charge in [0.2, 0.25) is 6.79 Å². The van der Waals surface area contributed by atoms with Gasteiger partial charge in [-0.05, 0) is 36.8 Å². The van der Waals surface area contributed by atoms with Gasteiger partial charge in [0.05, 0.1) is 5.56 Å². The third-order valence-corrected chi connectivity index (χ3v) is 2.62. The van der Waals surface area contributed by atoms with E-state index in [4.69, 9.17) is 14.6 Å². The average molecular weight is 258 g/mol. The normalized spacial score (nSPS) is 9.95. The van der Waals surface area contributed by atoms with E-state index in [1.807, 2.05) is 37.3 Å². The number of hydrogen-bond donors (Lipinski definition) is 1. The minimum absolute atomic E-state index is 0.0356. The summed E-state index contributed by atoms with van der Waals surface area (Å²) in [5, 5.41) is 8.92. The van der Waals surface area contributed by atoms with E-state index in [0.29, 0.717) is 11.5 Å². The zero-order chi connectivity index (χ0) is 13.7. The Balaban J connectivity index is 1.99. The van der Waals surface area contributed by atoms with Crippen LogP contribution in [0.5, 0.6) is 11.5 Å². The number of para-hydroxylation sites is 1. The second-order valence-corrected chi connectivity index (χ2v) is 4.01. The zero-order valence-corrected chi connectivity index (χ0v) is 10.5. The highest BCUT2D eigenvalue weighted by Gasteiger charge is 2.07. The number of rotatable bonds is 5. The Labute approximate surface area is 111 Å². The fourth-order valence-electron chi connectivity index (χ4n) is 1.57. The molecular weight excluding hydrogens is 244 g/mol. The van der Waals surface area contributed by atoms with Gasteiger partial charge in [0.15, 0.2) is 0 Å². The number of carbonyl (C=O) groups is 1. The molecular formula is C15H14O4. The molecule has 0 saturated heterocycles. The Hall–Kier alpha value is -2.49. The highest BCUT2D eigenvalue weighted by Crippen LogP contribution is 2.20. The zero-order valence-electron chi connectivity index (χ0n) is 10.5. The summed E-state index contributed by atoms with van der Waals surface area (Å²) in [6.07, 6.45) is 0. The van der Waals surface area contributed by atoms with Gasteiger partial charge in [-0.15, -0.1) is 0 Å². The van der Waals surface area contributed by atoms with E-state index in [2.05, 4.69) is 0 Å². The maximum absolute atomic E-state index is 10.9. The molecule has 0 saturated carbocycles. The van der Waals surface area contributed by atoms with Crippen molar-refractivity contribution in [1.29, 1.82) is 0 Å². The predicted molar refractivity (Wildman–Crippen MR) is 70.7 cm³/mol. The molecule has 0 aliphatic heterocycles. The molecule has 0 fully saturated rings. The quantitative estimate of drug-likeness (QED) is 0.837. The number of ether oxygens (including phenoxy) is 2. The minimum Gasteiger partial charge on any atom is -0.478 e. The lowest BCUT2D eigenvalue weighted by atomic mass is 10.1. The molecule has 0 bridgehead atoms. The van der Waals surface area contributed by atoms with Crippen LogP contribution in [-0.4, -0.2) is 17.9 Å². The molecule has 0 aliphatic rings. The highest BCUT2D eigenvalue weighted by molar-refractivity contribution is 5.88. The van der Waals surface area contributed by atoms with Gasteiger partial charge in [0, 0.05) is 0 Å². The summed E-state index contributed by atoms with van der Waals surface area (Å²) in [6.45, 7) is 1.89. The van der Waals surface area contributed by atoms with Crippen LogP contribution in [0.2, 0.25) is 0 Å². The molecule has 2 aromatic rings. The maximum Gasteiger partial charge on any atom is 0.335 e. The van der Waals surface area contributed by atoms with E-state index in [-0.39, 0.29) is 12.4 Å². The summed E-state index contributed by atoms with van der Waals surface area (Å²) in [7, 11) is 0. The topological polar surface area (TPSA) is 55.8 Å². The van der Waals surface area contributed by atoms with E-state index in [1.165, 1.54) is 6.07 Å². The van der Waals surface area contributed by atoms with Crippen LogP contribution in [0, 0.1) is 6.92 Å². The van der Waals surface area contributed by atoms with Crippen LogP contribution in [0.25, 0.3) is 0 Å². The van der Waals surface area contributed by atoms with Crippen molar-refractivity contribution < 1.29 is 19.4 Å². The molecule has 2 rings (SSSR count). The molecule has 0 atom stereocenters. The monoisotopic (exact) mass is 258 g/mol. The minimum atomic E-state index is -0.978. The largest absolute Gasteiger partial charge is 0.478 e. The lowest BCUT2D eigenvalue weighted by molar-refractivity contribution is 0.0695. The SMILES string of the molecule is Cc1ccc(C(=O)O)cc1OCOc1ccccc1. The van der Waals surface area contributed by atoms with Gasteiger partial charge >= 0.3 is 5.97 Å². The van der Waals surface area contributed by atoms with Crippen LogP contribution in [0.15, 0.2) is 48.5 Å². The Bertz CT molecular complexity index is 564. The van der Waals surface area contributed by atoms with Gasteiger partial charge < -0.3 is 14.6 Å². The Kier molecular flexibility index (Phi) is 4.03. The van der Waals surface area contributed by atoms with Crippen molar-refractivity contribution in [1.82, 2.24) is 0 Å². The molecule has 0 spiro atoms. The van der Waals surface area contributed by atoms with Crippen LogP contribution in [0.4, 0.5) is 0 Å². The first-order valence-electron chi connectivity index (χ1n) is 5.81. The second-order valence-electron chi connectivity index (χ2n) is 4.01. The number of aromatic carboxylic acids is 1. The highest BCUT2D eigenvalue weighted by atomic mass is 16.7. The maximum atomic E-state index is 10.9. The van der Waals surface area contributed by atoms with Gasteiger partial charge in [0.25, 0.3) is 0 Å². The summed E-state index contributed by atoms with van der Waals surface area (Å²) in [5.74, 6) is 0.235. The van der Waals surface area contributed by atoms with Gasteiger partial charge in [-0.3, -0.25) is 0 Å². The van der Waals surface area contributed by atoms with Crippen molar-refractivity contribution in [3.05, 3.63) is 59.7 Å². The first kappa shape index (κ1) is 13.0. The third-order valence-electron chi connectivity index (χ3n) is 2.62. The van der Waals surface area contributed by atoms with Crippen LogP contribution >= 0.6 is 0 Å². The molecule has 4 heteroatoms. The van der Waals surface area contributed by atoms with E-state index >= 15 is 0 Å². The summed E-state index contributed by atoms with van der Waals surface area (Å²) < 4.78 is 10.8. The molecule has 0 unspecified atom stereocenters. The van der Waals surface area contributed by atoms with E-state index in [1.54, 1.807) is 12.1 Å². The van der Waals surface area contributed by atoms with Crippen molar-refractivity contribution >= 4 is 5.97 Å². The Morgan fingerprint density at radius 2 is 1.84 bits per heavy atom. The van der Waals surface area contributed by atoms with Crippen molar-refractivity contribution in [2.75, 3.05) is 6.79 Å². The lowest BCUT2D eigenvalue weighted by Crippen LogP contribution is -2.07. The lowest BCUT2D eigenvalue weighted by Gasteiger charge is -2.11. The van der Waals surface area contributed by atoms with Crippen LogP contribution in [0.3, 0.4) is 0 Å². The smallest absolute Gasteiger partial charge is 0.335 e. The number of carboxylic acid groups (broad SMARTS) is 1. The second kappa shape index (κ2) is 5.91. The molecule has 0 aliphatic carbocycles. The Morgan fingerprint density at radius 1 is 1.11 bits per heavy atom. The molecule has 0 heterocycles. The molecule has 1 N–H and O–H groups in total. The van der Waals surface area contributed by atoms with E-state index < -0.39 is 5.97 Å². The summed E-state index contributed by atoms with van der Waals surface area (Å²) in [6, 6.07) is 14.0. The number of benzene rings is 2. The summed E-state index contributed by atoms with van der Waals surface area (Å²) >= 11 is 0.